The van der Waals surface area contributed by atoms with Crippen molar-refractivity contribution in [1.29, 1.82) is 0 Å². The van der Waals surface area contributed by atoms with Gasteiger partial charge in [0, 0.05) is 18.8 Å². The van der Waals surface area contributed by atoms with Gasteiger partial charge >= 0.3 is 11.9 Å². The molecular formula is C18H31N7O7S. The van der Waals surface area contributed by atoms with Gasteiger partial charge in [-0.3, -0.25) is 24.2 Å². The number of rotatable bonds is 13. The SMILES string of the molecule is NC(N)=NCCCC(NC(=O)C1CCCN1C(=O)C(N)CC(=O)O)C(=O)NC(CS)C(=O)O. The van der Waals surface area contributed by atoms with E-state index in [1.165, 1.54) is 4.90 Å². The van der Waals surface area contributed by atoms with Gasteiger partial charge in [-0.25, -0.2) is 4.79 Å². The van der Waals surface area contributed by atoms with Gasteiger partial charge in [-0.1, -0.05) is 0 Å². The summed E-state index contributed by atoms with van der Waals surface area (Å²) < 4.78 is 0. The lowest BCUT2D eigenvalue weighted by Crippen LogP contribution is -2.57. The first-order valence-electron chi connectivity index (χ1n) is 10.3. The van der Waals surface area contributed by atoms with Crippen LogP contribution in [-0.4, -0.2) is 93.7 Å². The van der Waals surface area contributed by atoms with E-state index in [9.17, 15) is 24.0 Å². The van der Waals surface area contributed by atoms with Crippen LogP contribution in [-0.2, 0) is 24.0 Å². The van der Waals surface area contributed by atoms with E-state index in [1.54, 1.807) is 0 Å². The summed E-state index contributed by atoms with van der Waals surface area (Å²) in [5.74, 6) is -4.89. The largest absolute Gasteiger partial charge is 0.481 e. The van der Waals surface area contributed by atoms with Crippen molar-refractivity contribution >= 4 is 48.2 Å². The summed E-state index contributed by atoms with van der Waals surface area (Å²) >= 11 is 3.90. The summed E-state index contributed by atoms with van der Waals surface area (Å²) in [7, 11) is 0. The average Bonchev–Trinajstić information content (AvgIpc) is 3.22. The second kappa shape index (κ2) is 13.5. The number of aliphatic carboxylic acids is 2. The molecule has 4 atom stereocenters. The molecule has 15 heteroatoms. The number of nitrogens with one attached hydrogen (secondary N) is 2. The summed E-state index contributed by atoms with van der Waals surface area (Å²) in [6.07, 6.45) is 0.595. The number of guanidine groups is 1. The second-order valence-electron chi connectivity index (χ2n) is 7.49. The third-order valence-corrected chi connectivity index (χ3v) is 5.29. The van der Waals surface area contributed by atoms with Crippen molar-refractivity contribution in [3.8, 4) is 0 Å². The normalized spacial score (nSPS) is 18.0. The van der Waals surface area contributed by atoms with Crippen molar-refractivity contribution in [2.75, 3.05) is 18.8 Å². The number of hydrogen-bond acceptors (Lipinski definition) is 8. The van der Waals surface area contributed by atoms with E-state index < -0.39 is 60.2 Å². The van der Waals surface area contributed by atoms with Crippen LogP contribution in [0.25, 0.3) is 0 Å². The van der Waals surface area contributed by atoms with E-state index in [4.69, 9.17) is 27.4 Å². The number of carboxylic acids is 2. The van der Waals surface area contributed by atoms with Gasteiger partial charge in [0.05, 0.1) is 12.5 Å². The Kier molecular flexibility index (Phi) is 11.4. The highest BCUT2D eigenvalue weighted by molar-refractivity contribution is 7.80. The van der Waals surface area contributed by atoms with Gasteiger partial charge in [-0.05, 0) is 25.7 Å². The van der Waals surface area contributed by atoms with Gasteiger partial charge in [0.25, 0.3) is 0 Å². The first-order valence-corrected chi connectivity index (χ1v) is 10.9. The quantitative estimate of drug-likeness (QED) is 0.0557. The van der Waals surface area contributed by atoms with Crippen LogP contribution in [0.3, 0.4) is 0 Å². The van der Waals surface area contributed by atoms with Crippen molar-refractivity contribution in [3.63, 3.8) is 0 Å². The zero-order valence-electron chi connectivity index (χ0n) is 18.0. The maximum Gasteiger partial charge on any atom is 0.327 e. The van der Waals surface area contributed by atoms with Crippen LogP contribution >= 0.6 is 12.6 Å². The Labute approximate surface area is 195 Å². The van der Waals surface area contributed by atoms with Gasteiger partial charge in [0.15, 0.2) is 5.96 Å². The van der Waals surface area contributed by atoms with Crippen molar-refractivity contribution in [1.82, 2.24) is 15.5 Å². The molecule has 4 unspecified atom stereocenters. The fraction of sp³-hybridized carbons (Fsp3) is 0.667. The van der Waals surface area contributed by atoms with Crippen LogP contribution in [0, 0.1) is 0 Å². The monoisotopic (exact) mass is 489 g/mol. The minimum absolute atomic E-state index is 0.0897. The van der Waals surface area contributed by atoms with Gasteiger partial charge in [0.2, 0.25) is 17.7 Å². The molecule has 186 valence electrons. The standard InChI is InChI=1S/C18H31N7O7S/c19-9(7-13(26)27)16(30)25-6-2-4-12(25)15(29)23-10(3-1-5-22-18(20)21)14(28)24-11(8-33)17(31)32/h9-12,33H,1-8,19H2,(H,23,29)(H,24,28)(H,26,27)(H,31,32)(H4,20,21,22). The Morgan fingerprint density at radius 3 is 2.33 bits per heavy atom. The van der Waals surface area contributed by atoms with E-state index in [0.717, 1.165) is 0 Å². The number of thiol groups is 1. The number of nitrogens with two attached hydrogens (primary N) is 3. The van der Waals surface area contributed by atoms with Gasteiger partial charge < -0.3 is 42.9 Å². The lowest BCUT2D eigenvalue weighted by molar-refractivity contribution is -0.144. The molecule has 0 radical (unpaired) electrons. The van der Waals surface area contributed by atoms with Crippen LogP contribution in [0.1, 0.15) is 32.1 Å². The number of nitrogens with zero attached hydrogens (tertiary/aromatic N) is 2. The first-order chi connectivity index (χ1) is 15.5. The molecule has 0 bridgehead atoms. The summed E-state index contributed by atoms with van der Waals surface area (Å²) in [4.78, 5) is 65.2. The van der Waals surface area contributed by atoms with E-state index in [0.29, 0.717) is 19.3 Å². The van der Waals surface area contributed by atoms with Crippen LogP contribution in [0.4, 0.5) is 0 Å². The molecule has 3 amide bonds. The van der Waals surface area contributed by atoms with Crippen LogP contribution in [0.2, 0.25) is 0 Å². The zero-order chi connectivity index (χ0) is 25.1. The Morgan fingerprint density at radius 2 is 1.79 bits per heavy atom. The number of carbonyl (C=O) groups is 5. The minimum atomic E-state index is -1.30. The molecule has 33 heavy (non-hydrogen) atoms. The van der Waals surface area contributed by atoms with E-state index >= 15 is 0 Å². The predicted molar refractivity (Wildman–Crippen MR) is 120 cm³/mol. The molecule has 1 aliphatic rings. The van der Waals surface area contributed by atoms with E-state index in [1.807, 2.05) is 0 Å². The molecule has 0 aromatic rings. The van der Waals surface area contributed by atoms with Crippen LogP contribution < -0.4 is 27.8 Å². The van der Waals surface area contributed by atoms with Crippen LogP contribution in [0.15, 0.2) is 4.99 Å². The fourth-order valence-electron chi connectivity index (χ4n) is 3.29. The molecule has 1 fully saturated rings. The summed E-state index contributed by atoms with van der Waals surface area (Å²) in [6, 6.07) is -4.64. The van der Waals surface area contributed by atoms with E-state index in [-0.39, 0.29) is 31.2 Å². The number of carbonyl (C=O) groups excluding carboxylic acids is 3. The van der Waals surface area contributed by atoms with Crippen LogP contribution in [0.5, 0.6) is 0 Å². The topological polar surface area (TPSA) is 244 Å². The Morgan fingerprint density at radius 1 is 1.12 bits per heavy atom. The molecule has 0 saturated carbocycles. The number of amides is 3. The zero-order valence-corrected chi connectivity index (χ0v) is 18.9. The molecular weight excluding hydrogens is 458 g/mol. The molecule has 0 spiro atoms. The molecule has 1 heterocycles. The third kappa shape index (κ3) is 9.13. The first kappa shape index (κ1) is 28.0. The van der Waals surface area contributed by atoms with Crippen molar-refractivity contribution in [3.05, 3.63) is 0 Å². The van der Waals surface area contributed by atoms with Crippen molar-refractivity contribution in [2.24, 2.45) is 22.2 Å². The molecule has 14 nitrogen and oxygen atoms in total. The fourth-order valence-corrected chi connectivity index (χ4v) is 3.54. The average molecular weight is 490 g/mol. The maximum absolute atomic E-state index is 12.9. The number of hydrogen-bond donors (Lipinski definition) is 8. The number of aliphatic imine (C=N–C) groups is 1. The van der Waals surface area contributed by atoms with Crippen molar-refractivity contribution < 1.29 is 34.2 Å². The number of likely N-dealkylation sites (tertiary alicyclic amines) is 1. The molecule has 10 N–H and O–H groups in total. The Hall–Kier alpha value is -3.07. The van der Waals surface area contributed by atoms with E-state index in [2.05, 4.69) is 28.3 Å². The van der Waals surface area contributed by atoms with Gasteiger partial charge in [-0.15, -0.1) is 0 Å². The highest BCUT2D eigenvalue weighted by Gasteiger charge is 2.38. The lowest BCUT2D eigenvalue weighted by atomic mass is 10.1. The molecule has 1 rings (SSSR count). The maximum atomic E-state index is 12.9. The summed E-state index contributed by atoms with van der Waals surface area (Å²) in [5, 5.41) is 22.9. The highest BCUT2D eigenvalue weighted by Crippen LogP contribution is 2.19. The van der Waals surface area contributed by atoms with Gasteiger partial charge in [-0.2, -0.15) is 12.6 Å². The molecule has 1 aliphatic heterocycles. The lowest BCUT2D eigenvalue weighted by Gasteiger charge is -2.28. The van der Waals surface area contributed by atoms with Crippen molar-refractivity contribution in [2.45, 2.75) is 56.3 Å². The highest BCUT2D eigenvalue weighted by atomic mass is 32.1. The molecule has 0 aromatic carbocycles. The Bertz CT molecular complexity index is 775. The molecule has 0 aromatic heterocycles. The molecule has 1 saturated heterocycles. The third-order valence-electron chi connectivity index (χ3n) is 4.93. The number of carboxylic acid groups (broad SMARTS) is 2. The van der Waals surface area contributed by atoms with Gasteiger partial charge in [0.1, 0.15) is 18.1 Å². The minimum Gasteiger partial charge on any atom is -0.481 e. The second-order valence-corrected chi connectivity index (χ2v) is 7.85. The summed E-state index contributed by atoms with van der Waals surface area (Å²) in [5.41, 5.74) is 16.2. The summed E-state index contributed by atoms with van der Waals surface area (Å²) in [6.45, 7) is 0.390. The Balaban J connectivity index is 2.92. The smallest absolute Gasteiger partial charge is 0.327 e. The predicted octanol–water partition coefficient (Wildman–Crippen LogP) is -3.18. The molecule has 0 aliphatic carbocycles.